The third kappa shape index (κ3) is 7.16. The number of aromatic nitrogens is 2. The zero-order valence-electron chi connectivity index (χ0n) is 20.9. The van der Waals surface area contributed by atoms with Crippen LogP contribution in [0.2, 0.25) is 5.02 Å². The van der Waals surface area contributed by atoms with E-state index in [1.54, 1.807) is 36.4 Å². The van der Waals surface area contributed by atoms with Crippen LogP contribution < -0.4 is 18.9 Å². The van der Waals surface area contributed by atoms with Gasteiger partial charge in [0.15, 0.2) is 11.5 Å². The molecule has 0 unspecified atom stereocenters. The van der Waals surface area contributed by atoms with E-state index in [4.69, 9.17) is 35.0 Å². The Morgan fingerprint density at radius 1 is 1.05 bits per heavy atom. The molecule has 12 heteroatoms. The third-order valence-corrected chi connectivity index (χ3v) is 7.31. The number of thioether (sulfide) groups is 1. The topological polar surface area (TPSA) is 113 Å². The Labute approximate surface area is 247 Å². The lowest BCUT2D eigenvalue weighted by atomic mass is 10.2. The van der Waals surface area contributed by atoms with Crippen LogP contribution in [0.1, 0.15) is 11.1 Å². The van der Waals surface area contributed by atoms with Crippen LogP contribution in [0.4, 0.5) is 0 Å². The number of halogens is 2. The molecule has 4 aromatic rings. The minimum atomic E-state index is -1.16. The molecule has 0 radical (unpaired) electrons. The van der Waals surface area contributed by atoms with Crippen LogP contribution in [-0.4, -0.2) is 42.6 Å². The molecule has 202 valence electrons. The van der Waals surface area contributed by atoms with E-state index in [2.05, 4.69) is 32.8 Å². The molecule has 1 aromatic heterocycles. The second kappa shape index (κ2) is 13.1. The van der Waals surface area contributed by atoms with Crippen LogP contribution in [0.25, 0.3) is 17.5 Å². The molecule has 0 aliphatic rings. The molecule has 0 aliphatic heterocycles. The number of carbonyl (C=O) groups is 1. The highest BCUT2D eigenvalue weighted by Gasteiger charge is 2.19. The van der Waals surface area contributed by atoms with Gasteiger partial charge in [-0.25, -0.2) is 4.79 Å². The summed E-state index contributed by atoms with van der Waals surface area (Å²) in [6.07, 6.45) is 1.49. The fraction of sp³-hybridized carbons (Fsp3) is 0.148. The summed E-state index contributed by atoms with van der Waals surface area (Å²) in [5, 5.41) is 18.6. The van der Waals surface area contributed by atoms with Gasteiger partial charge in [-0.15, -0.1) is 10.2 Å². The Kier molecular flexibility index (Phi) is 9.59. The molecule has 0 bridgehead atoms. The second-order valence-corrected chi connectivity index (χ2v) is 10.4. The minimum Gasteiger partial charge on any atom is -0.497 e. The number of carboxylic acid groups (broad SMARTS) is 1. The Hall–Kier alpha value is -3.42. The molecule has 0 atom stereocenters. The van der Waals surface area contributed by atoms with Gasteiger partial charge in [-0.3, -0.25) is 0 Å². The number of hydrogen-bond acceptors (Lipinski definition) is 9. The molecule has 3 aromatic carbocycles. The van der Waals surface area contributed by atoms with Crippen molar-refractivity contribution < 1.29 is 33.3 Å². The van der Waals surface area contributed by atoms with Crippen molar-refractivity contribution in [2.24, 2.45) is 0 Å². The number of methoxy groups -OCH3 is 3. The fourth-order valence-electron chi connectivity index (χ4n) is 3.41. The van der Waals surface area contributed by atoms with Gasteiger partial charge >= 0.3 is 5.97 Å². The normalized spacial score (nSPS) is 11.3. The molecule has 1 N–H and O–H groups in total. The SMILES string of the molecule is COc1cc(OC)cc(-c2nnc(S/C(=C\c3cc(I)c(OCc4ccccc4Cl)c(OC)c3)C(=O)O)o2)c1. The first-order valence-electron chi connectivity index (χ1n) is 11.2. The predicted octanol–water partition coefficient (Wildman–Crippen LogP) is 6.82. The molecule has 0 aliphatic carbocycles. The van der Waals surface area contributed by atoms with Crippen LogP contribution in [0, 0.1) is 3.57 Å². The zero-order chi connectivity index (χ0) is 27.9. The smallest absolute Gasteiger partial charge is 0.342 e. The highest BCUT2D eigenvalue weighted by atomic mass is 127. The van der Waals surface area contributed by atoms with Crippen molar-refractivity contribution in [3.8, 4) is 34.5 Å². The monoisotopic (exact) mass is 680 g/mol. The van der Waals surface area contributed by atoms with Crippen molar-refractivity contribution >= 4 is 58.0 Å². The summed E-state index contributed by atoms with van der Waals surface area (Å²) in [6.45, 7) is 0.246. The maximum Gasteiger partial charge on any atom is 0.342 e. The van der Waals surface area contributed by atoms with Gasteiger partial charge in [-0.1, -0.05) is 29.8 Å². The Bertz CT molecular complexity index is 1500. The van der Waals surface area contributed by atoms with E-state index < -0.39 is 5.97 Å². The standard InChI is InChI=1S/C27H22ClIN2O7S/c1-34-18-11-17(12-19(13-18)35-2)25-30-31-27(38-25)39-23(26(32)33)10-15-8-21(29)24(22(9-15)36-3)37-14-16-6-4-5-7-20(16)28/h4-13H,14H2,1-3H3,(H,32,33)/b23-10-. The number of ether oxygens (including phenoxy) is 4. The highest BCUT2D eigenvalue weighted by molar-refractivity contribution is 14.1. The molecule has 0 saturated carbocycles. The van der Waals surface area contributed by atoms with Crippen molar-refractivity contribution in [1.29, 1.82) is 0 Å². The Morgan fingerprint density at radius 2 is 1.77 bits per heavy atom. The number of rotatable bonds is 11. The van der Waals surface area contributed by atoms with E-state index >= 15 is 0 Å². The van der Waals surface area contributed by atoms with E-state index in [0.717, 1.165) is 20.9 Å². The van der Waals surface area contributed by atoms with Crippen LogP contribution in [-0.2, 0) is 11.4 Å². The lowest BCUT2D eigenvalue weighted by Crippen LogP contribution is -2.01. The van der Waals surface area contributed by atoms with E-state index in [-0.39, 0.29) is 22.6 Å². The first-order valence-corrected chi connectivity index (χ1v) is 13.5. The quantitative estimate of drug-likeness (QED) is 0.103. The molecule has 1 heterocycles. The summed E-state index contributed by atoms with van der Waals surface area (Å²) < 4.78 is 28.5. The van der Waals surface area contributed by atoms with Crippen molar-refractivity contribution in [2.45, 2.75) is 11.8 Å². The highest BCUT2D eigenvalue weighted by Crippen LogP contribution is 2.37. The first kappa shape index (κ1) is 28.6. The van der Waals surface area contributed by atoms with Crippen LogP contribution in [0.5, 0.6) is 23.0 Å². The number of benzene rings is 3. The fourth-order valence-corrected chi connectivity index (χ4v) is 5.05. The summed E-state index contributed by atoms with van der Waals surface area (Å²) in [6, 6.07) is 16.0. The number of hydrogen-bond donors (Lipinski definition) is 1. The van der Waals surface area contributed by atoms with Crippen molar-refractivity contribution in [2.75, 3.05) is 21.3 Å². The summed E-state index contributed by atoms with van der Waals surface area (Å²) in [7, 11) is 4.58. The van der Waals surface area contributed by atoms with Gasteiger partial charge < -0.3 is 28.5 Å². The molecule has 9 nitrogen and oxygen atoms in total. The van der Waals surface area contributed by atoms with Gasteiger partial charge in [0.05, 0.1) is 24.9 Å². The molecule has 0 amide bonds. The first-order chi connectivity index (χ1) is 18.8. The van der Waals surface area contributed by atoms with E-state index in [1.165, 1.54) is 27.4 Å². The van der Waals surface area contributed by atoms with Crippen LogP contribution in [0.15, 0.2) is 69.1 Å². The lowest BCUT2D eigenvalue weighted by Gasteiger charge is -2.14. The van der Waals surface area contributed by atoms with Gasteiger partial charge in [-0.05, 0) is 76.3 Å². The molecule has 4 rings (SSSR count). The predicted molar refractivity (Wildman–Crippen MR) is 156 cm³/mol. The number of nitrogens with zero attached hydrogens (tertiary/aromatic N) is 2. The molecule has 0 saturated heterocycles. The largest absolute Gasteiger partial charge is 0.497 e. The van der Waals surface area contributed by atoms with Gasteiger partial charge in [0.2, 0.25) is 5.89 Å². The van der Waals surface area contributed by atoms with Gasteiger partial charge in [0.1, 0.15) is 23.0 Å². The average Bonchev–Trinajstić information content (AvgIpc) is 3.41. The van der Waals surface area contributed by atoms with E-state index in [0.29, 0.717) is 39.1 Å². The summed E-state index contributed by atoms with van der Waals surface area (Å²) >= 11 is 9.18. The molecule has 0 spiro atoms. The van der Waals surface area contributed by atoms with Crippen LogP contribution >= 0.6 is 46.0 Å². The van der Waals surface area contributed by atoms with E-state index in [1.807, 2.05) is 18.2 Å². The molecular weight excluding hydrogens is 659 g/mol. The average molecular weight is 681 g/mol. The third-order valence-electron chi connectivity index (χ3n) is 5.29. The summed E-state index contributed by atoms with van der Waals surface area (Å²) in [4.78, 5) is 12.0. The van der Waals surface area contributed by atoms with Crippen molar-refractivity contribution in [3.63, 3.8) is 0 Å². The van der Waals surface area contributed by atoms with Gasteiger partial charge in [-0.2, -0.15) is 0 Å². The summed E-state index contributed by atoms with van der Waals surface area (Å²) in [5.74, 6) is 1.10. The Morgan fingerprint density at radius 3 is 2.41 bits per heavy atom. The maximum absolute atomic E-state index is 12.1. The second-order valence-electron chi connectivity index (χ2n) is 7.80. The summed E-state index contributed by atoms with van der Waals surface area (Å²) in [5.41, 5.74) is 1.98. The van der Waals surface area contributed by atoms with Crippen LogP contribution in [0.3, 0.4) is 0 Å². The minimum absolute atomic E-state index is 0.0315. The Balaban J connectivity index is 1.57. The zero-order valence-corrected chi connectivity index (χ0v) is 24.7. The number of carboxylic acids is 1. The van der Waals surface area contributed by atoms with Crippen molar-refractivity contribution in [1.82, 2.24) is 10.2 Å². The van der Waals surface area contributed by atoms with Gasteiger partial charge in [0.25, 0.3) is 5.22 Å². The maximum atomic E-state index is 12.1. The molecule has 39 heavy (non-hydrogen) atoms. The lowest BCUT2D eigenvalue weighted by molar-refractivity contribution is -0.131. The molecule has 0 fully saturated rings. The molecular formula is C27H22ClIN2O7S. The van der Waals surface area contributed by atoms with Gasteiger partial charge in [0, 0.05) is 22.2 Å². The van der Waals surface area contributed by atoms with Crippen molar-refractivity contribution in [3.05, 3.63) is 79.2 Å². The number of aliphatic carboxylic acids is 1. The van der Waals surface area contributed by atoms with E-state index in [9.17, 15) is 9.90 Å².